The van der Waals surface area contributed by atoms with Crippen molar-refractivity contribution in [2.75, 3.05) is 13.7 Å². The van der Waals surface area contributed by atoms with Gasteiger partial charge in [0, 0.05) is 25.4 Å². The van der Waals surface area contributed by atoms with Gasteiger partial charge in [-0.15, -0.1) is 0 Å². The lowest BCUT2D eigenvalue weighted by atomic mass is 10.1. The molecule has 0 saturated carbocycles. The summed E-state index contributed by atoms with van der Waals surface area (Å²) in [7, 11) is 1.77. The minimum atomic E-state index is 0.735. The first-order valence-electron chi connectivity index (χ1n) is 3.34. The second-order valence-electron chi connectivity index (χ2n) is 2.24. The molecule has 0 amide bonds. The molecule has 0 spiro atoms. The van der Waals surface area contributed by atoms with Gasteiger partial charge in [0.05, 0.1) is 6.61 Å². The Bertz CT molecular complexity index is 172. The molecule has 3 nitrogen and oxygen atoms in total. The van der Waals surface area contributed by atoms with Crippen molar-refractivity contribution < 1.29 is 4.84 Å². The third kappa shape index (κ3) is 1.57. The molecular formula is C7H12N2O. The molecule has 0 aromatic rings. The lowest BCUT2D eigenvalue weighted by molar-refractivity contribution is 0.0543. The van der Waals surface area contributed by atoms with Crippen LogP contribution in [0.2, 0.25) is 0 Å². The molecule has 0 fully saturated rings. The lowest BCUT2D eigenvalue weighted by Crippen LogP contribution is -2.21. The van der Waals surface area contributed by atoms with Gasteiger partial charge in [-0.2, -0.15) is 0 Å². The number of hydrogen-bond donors (Lipinski definition) is 1. The van der Waals surface area contributed by atoms with E-state index in [1.54, 1.807) is 7.05 Å². The van der Waals surface area contributed by atoms with Crippen LogP contribution in [-0.2, 0) is 4.84 Å². The number of hydroxylamine groups is 1. The average Bonchev–Trinajstić information content (AvgIpc) is 1.94. The molecule has 0 saturated heterocycles. The third-order valence-corrected chi connectivity index (χ3v) is 1.47. The predicted octanol–water partition coefficient (Wildman–Crippen LogP) is 0.886. The van der Waals surface area contributed by atoms with Crippen molar-refractivity contribution in [1.82, 2.24) is 5.48 Å². The Balaban J connectivity index is 2.68. The zero-order chi connectivity index (χ0) is 7.40. The van der Waals surface area contributed by atoms with Gasteiger partial charge in [0.15, 0.2) is 0 Å². The zero-order valence-electron chi connectivity index (χ0n) is 6.35. The van der Waals surface area contributed by atoms with E-state index in [0.717, 1.165) is 18.7 Å². The van der Waals surface area contributed by atoms with E-state index in [-0.39, 0.29) is 0 Å². The fraction of sp³-hybridized carbons (Fsp3) is 0.571. The minimum Gasteiger partial charge on any atom is -0.296 e. The quantitative estimate of drug-likeness (QED) is 0.549. The zero-order valence-corrected chi connectivity index (χ0v) is 6.35. The first-order chi connectivity index (χ1) is 4.84. The number of allylic oxidation sites excluding steroid dienone is 1. The van der Waals surface area contributed by atoms with Gasteiger partial charge in [0.25, 0.3) is 0 Å². The largest absolute Gasteiger partial charge is 0.296 e. The molecule has 0 radical (unpaired) electrons. The molecule has 1 aliphatic rings. The maximum absolute atomic E-state index is 4.99. The average molecular weight is 140 g/mol. The maximum atomic E-state index is 4.99. The fourth-order valence-electron chi connectivity index (χ4n) is 0.891. The van der Waals surface area contributed by atoms with Crippen LogP contribution in [0.4, 0.5) is 0 Å². The SMILES string of the molecule is CN=CC1=C(C)NOCC1. The van der Waals surface area contributed by atoms with Crippen LogP contribution in [0.3, 0.4) is 0 Å². The van der Waals surface area contributed by atoms with Crippen molar-refractivity contribution in [1.29, 1.82) is 0 Å². The van der Waals surface area contributed by atoms with Crippen molar-refractivity contribution >= 4 is 6.21 Å². The molecule has 0 aromatic heterocycles. The summed E-state index contributed by atoms with van der Waals surface area (Å²) in [6, 6.07) is 0. The Morgan fingerprint density at radius 1 is 1.70 bits per heavy atom. The first-order valence-corrected chi connectivity index (χ1v) is 3.34. The molecule has 0 unspecified atom stereocenters. The highest BCUT2D eigenvalue weighted by atomic mass is 16.6. The van der Waals surface area contributed by atoms with Crippen molar-refractivity contribution in [2.24, 2.45) is 4.99 Å². The summed E-state index contributed by atoms with van der Waals surface area (Å²) in [6.07, 6.45) is 2.82. The minimum absolute atomic E-state index is 0.735. The molecule has 1 N–H and O–H groups in total. The van der Waals surface area contributed by atoms with Crippen LogP contribution in [0, 0.1) is 0 Å². The van der Waals surface area contributed by atoms with E-state index in [4.69, 9.17) is 4.84 Å². The van der Waals surface area contributed by atoms with Crippen molar-refractivity contribution in [2.45, 2.75) is 13.3 Å². The van der Waals surface area contributed by atoms with E-state index in [9.17, 15) is 0 Å². The second kappa shape index (κ2) is 3.37. The van der Waals surface area contributed by atoms with Crippen LogP contribution in [0.15, 0.2) is 16.3 Å². The Morgan fingerprint density at radius 3 is 3.10 bits per heavy atom. The number of aliphatic imine (C=N–C) groups is 1. The first kappa shape index (κ1) is 7.28. The summed E-state index contributed by atoms with van der Waals surface area (Å²) < 4.78 is 0. The molecule has 0 bridgehead atoms. The van der Waals surface area contributed by atoms with E-state index < -0.39 is 0 Å². The summed E-state index contributed by atoms with van der Waals surface area (Å²) in [6.45, 7) is 2.72. The van der Waals surface area contributed by atoms with E-state index in [0.29, 0.717) is 0 Å². The van der Waals surface area contributed by atoms with Crippen LogP contribution in [0.25, 0.3) is 0 Å². The second-order valence-corrected chi connectivity index (χ2v) is 2.24. The fourth-order valence-corrected chi connectivity index (χ4v) is 0.891. The van der Waals surface area contributed by atoms with Crippen LogP contribution in [0.5, 0.6) is 0 Å². The monoisotopic (exact) mass is 140 g/mol. The van der Waals surface area contributed by atoms with Gasteiger partial charge < -0.3 is 0 Å². The lowest BCUT2D eigenvalue weighted by Gasteiger charge is -2.16. The molecule has 0 aromatic carbocycles. The van der Waals surface area contributed by atoms with Crippen LogP contribution < -0.4 is 5.48 Å². The molecule has 1 heterocycles. The number of nitrogens with one attached hydrogen (secondary N) is 1. The molecule has 3 heteroatoms. The molecule has 1 rings (SSSR count). The Hall–Kier alpha value is -0.830. The predicted molar refractivity (Wildman–Crippen MR) is 40.8 cm³/mol. The topological polar surface area (TPSA) is 33.6 Å². The van der Waals surface area contributed by atoms with Crippen LogP contribution in [-0.4, -0.2) is 19.9 Å². The smallest absolute Gasteiger partial charge is 0.0787 e. The number of hydrogen-bond acceptors (Lipinski definition) is 3. The molecule has 10 heavy (non-hydrogen) atoms. The number of nitrogens with zero attached hydrogens (tertiary/aromatic N) is 1. The van der Waals surface area contributed by atoms with Gasteiger partial charge in [-0.25, -0.2) is 0 Å². The Labute approximate surface area is 60.7 Å². The van der Waals surface area contributed by atoms with Crippen molar-refractivity contribution in [3.63, 3.8) is 0 Å². The Morgan fingerprint density at radius 2 is 2.50 bits per heavy atom. The van der Waals surface area contributed by atoms with Gasteiger partial charge in [0.1, 0.15) is 0 Å². The van der Waals surface area contributed by atoms with Gasteiger partial charge in [-0.3, -0.25) is 15.3 Å². The third-order valence-electron chi connectivity index (χ3n) is 1.47. The Kier molecular flexibility index (Phi) is 2.45. The maximum Gasteiger partial charge on any atom is 0.0787 e. The van der Waals surface area contributed by atoms with Gasteiger partial charge >= 0.3 is 0 Å². The standard InChI is InChI=1S/C7H12N2O/c1-6-7(5-8-2)3-4-10-9-6/h5,9H,3-4H2,1-2H3. The highest BCUT2D eigenvalue weighted by molar-refractivity contribution is 5.79. The summed E-state index contributed by atoms with van der Waals surface area (Å²) in [5.74, 6) is 0. The summed E-state index contributed by atoms with van der Waals surface area (Å²) in [4.78, 5) is 8.92. The van der Waals surface area contributed by atoms with Gasteiger partial charge in [-0.05, 0) is 12.5 Å². The normalized spacial score (nSPS) is 19.8. The van der Waals surface area contributed by atoms with Crippen LogP contribution >= 0.6 is 0 Å². The van der Waals surface area contributed by atoms with E-state index in [1.807, 2.05) is 13.1 Å². The summed E-state index contributed by atoms with van der Waals surface area (Å²) in [5.41, 5.74) is 5.10. The molecule has 1 aliphatic heterocycles. The molecule has 56 valence electrons. The van der Waals surface area contributed by atoms with Crippen molar-refractivity contribution in [3.05, 3.63) is 11.3 Å². The molecule has 0 aliphatic carbocycles. The van der Waals surface area contributed by atoms with Crippen molar-refractivity contribution in [3.8, 4) is 0 Å². The van der Waals surface area contributed by atoms with Gasteiger partial charge in [-0.1, -0.05) is 0 Å². The van der Waals surface area contributed by atoms with E-state index in [1.165, 1.54) is 5.57 Å². The highest BCUT2D eigenvalue weighted by Crippen LogP contribution is 2.08. The summed E-state index contributed by atoms with van der Waals surface area (Å²) in [5, 5.41) is 0. The van der Waals surface area contributed by atoms with E-state index in [2.05, 4.69) is 10.5 Å². The molecular weight excluding hydrogens is 128 g/mol. The van der Waals surface area contributed by atoms with E-state index >= 15 is 0 Å². The molecule has 0 atom stereocenters. The van der Waals surface area contributed by atoms with Gasteiger partial charge in [0.2, 0.25) is 0 Å². The van der Waals surface area contributed by atoms with Crippen LogP contribution in [0.1, 0.15) is 13.3 Å². The number of rotatable bonds is 1. The highest BCUT2D eigenvalue weighted by Gasteiger charge is 2.05. The summed E-state index contributed by atoms with van der Waals surface area (Å²) >= 11 is 0.